The van der Waals surface area contributed by atoms with Crippen LogP contribution in [0.4, 0.5) is 0 Å². The number of aliphatic hydroxyl groups excluding tert-OH is 1. The molecule has 78 valence electrons. The molecule has 0 saturated heterocycles. The van der Waals surface area contributed by atoms with E-state index in [0.717, 1.165) is 18.6 Å². The topological polar surface area (TPSA) is 29.5 Å². The Morgan fingerprint density at radius 2 is 2.21 bits per heavy atom. The Labute approximate surface area is 89.3 Å². The number of hydrogen-bond acceptors (Lipinski definition) is 3. The molecule has 0 spiro atoms. The summed E-state index contributed by atoms with van der Waals surface area (Å²) in [6.07, 6.45) is 3.75. The van der Waals surface area contributed by atoms with Crippen LogP contribution in [0.25, 0.3) is 0 Å². The van der Waals surface area contributed by atoms with Crippen LogP contribution in [0.2, 0.25) is 0 Å². The number of ether oxygens (including phenoxy) is 1. The first-order valence-electron chi connectivity index (χ1n) is 4.64. The first-order chi connectivity index (χ1) is 6.83. The third kappa shape index (κ3) is 2.66. The van der Waals surface area contributed by atoms with Gasteiger partial charge in [0.05, 0.1) is 12.0 Å². The molecule has 0 aromatic heterocycles. The minimum atomic E-state index is 0.241. The number of rotatable bonds is 5. The molecule has 0 unspecified atom stereocenters. The van der Waals surface area contributed by atoms with Gasteiger partial charge in [-0.25, -0.2) is 0 Å². The highest BCUT2D eigenvalue weighted by atomic mass is 32.2. The van der Waals surface area contributed by atoms with Gasteiger partial charge in [-0.05, 0) is 30.7 Å². The number of hydrogen-bond donors (Lipinski definition) is 1. The van der Waals surface area contributed by atoms with Crippen LogP contribution in [-0.4, -0.2) is 25.1 Å². The quantitative estimate of drug-likeness (QED) is 0.760. The summed E-state index contributed by atoms with van der Waals surface area (Å²) in [6.45, 7) is 0.241. The Morgan fingerprint density at radius 1 is 1.43 bits per heavy atom. The zero-order chi connectivity index (χ0) is 10.4. The molecule has 0 radical (unpaired) electrons. The van der Waals surface area contributed by atoms with E-state index in [2.05, 4.69) is 6.07 Å². The van der Waals surface area contributed by atoms with Gasteiger partial charge in [-0.15, -0.1) is 11.8 Å². The standard InChI is InChI=1S/C11H16O2S/c1-13-10-7-3-5-9(6-4-8-12)11(10)14-2/h3,5,7,12H,4,6,8H2,1-2H3. The van der Waals surface area contributed by atoms with Crippen molar-refractivity contribution in [3.8, 4) is 5.75 Å². The van der Waals surface area contributed by atoms with Crippen molar-refractivity contribution in [1.29, 1.82) is 0 Å². The van der Waals surface area contributed by atoms with Gasteiger partial charge in [-0.1, -0.05) is 12.1 Å². The Hall–Kier alpha value is -0.670. The minimum absolute atomic E-state index is 0.241. The van der Waals surface area contributed by atoms with Crippen LogP contribution in [0.1, 0.15) is 12.0 Å². The summed E-state index contributed by atoms with van der Waals surface area (Å²) in [6, 6.07) is 6.05. The Kier molecular flexibility index (Phi) is 4.84. The van der Waals surface area contributed by atoms with Crippen molar-refractivity contribution in [1.82, 2.24) is 0 Å². The SMILES string of the molecule is COc1cccc(CCCO)c1SC. The first kappa shape index (κ1) is 11.4. The predicted octanol–water partition coefficient (Wildman–Crippen LogP) is 2.34. The van der Waals surface area contributed by atoms with E-state index in [1.807, 2.05) is 18.4 Å². The lowest BCUT2D eigenvalue weighted by molar-refractivity contribution is 0.288. The average molecular weight is 212 g/mol. The molecule has 0 bridgehead atoms. The number of thioether (sulfide) groups is 1. The molecular formula is C11H16O2S. The van der Waals surface area contributed by atoms with Crippen molar-refractivity contribution in [2.45, 2.75) is 17.7 Å². The second-order valence-electron chi connectivity index (χ2n) is 2.98. The molecule has 0 fully saturated rings. The van der Waals surface area contributed by atoms with E-state index in [1.165, 1.54) is 10.5 Å². The van der Waals surface area contributed by atoms with Crippen molar-refractivity contribution in [3.05, 3.63) is 23.8 Å². The number of benzene rings is 1. The number of aliphatic hydroxyl groups is 1. The van der Waals surface area contributed by atoms with Gasteiger partial charge >= 0.3 is 0 Å². The van der Waals surface area contributed by atoms with Crippen LogP contribution in [-0.2, 0) is 6.42 Å². The minimum Gasteiger partial charge on any atom is -0.496 e. The summed E-state index contributed by atoms with van der Waals surface area (Å²) in [5.74, 6) is 0.924. The maximum Gasteiger partial charge on any atom is 0.132 e. The monoisotopic (exact) mass is 212 g/mol. The Balaban J connectivity index is 2.90. The van der Waals surface area contributed by atoms with Gasteiger partial charge in [0, 0.05) is 6.61 Å². The third-order valence-electron chi connectivity index (χ3n) is 2.09. The highest BCUT2D eigenvalue weighted by molar-refractivity contribution is 7.98. The maximum absolute atomic E-state index is 8.78. The predicted molar refractivity (Wildman–Crippen MR) is 60.2 cm³/mol. The van der Waals surface area contributed by atoms with Crippen molar-refractivity contribution >= 4 is 11.8 Å². The van der Waals surface area contributed by atoms with Gasteiger partial charge in [-0.2, -0.15) is 0 Å². The highest BCUT2D eigenvalue weighted by Gasteiger charge is 2.06. The molecule has 1 N–H and O–H groups in total. The fraction of sp³-hybridized carbons (Fsp3) is 0.455. The van der Waals surface area contributed by atoms with Crippen LogP contribution >= 0.6 is 11.8 Å². The summed E-state index contributed by atoms with van der Waals surface area (Å²) in [5.41, 5.74) is 1.26. The first-order valence-corrected chi connectivity index (χ1v) is 5.86. The molecule has 14 heavy (non-hydrogen) atoms. The lowest BCUT2D eigenvalue weighted by atomic mass is 10.1. The Morgan fingerprint density at radius 3 is 2.79 bits per heavy atom. The smallest absolute Gasteiger partial charge is 0.132 e. The zero-order valence-corrected chi connectivity index (χ0v) is 9.43. The normalized spacial score (nSPS) is 10.2. The van der Waals surface area contributed by atoms with Crippen LogP contribution in [0, 0.1) is 0 Å². The van der Waals surface area contributed by atoms with Crippen molar-refractivity contribution in [3.63, 3.8) is 0 Å². The fourth-order valence-corrected chi connectivity index (χ4v) is 2.20. The molecule has 0 aliphatic carbocycles. The van der Waals surface area contributed by atoms with Gasteiger partial charge in [0.2, 0.25) is 0 Å². The molecule has 0 heterocycles. The molecule has 3 heteroatoms. The van der Waals surface area contributed by atoms with E-state index in [1.54, 1.807) is 18.9 Å². The molecule has 0 amide bonds. The highest BCUT2D eigenvalue weighted by Crippen LogP contribution is 2.31. The van der Waals surface area contributed by atoms with E-state index >= 15 is 0 Å². The molecular weight excluding hydrogens is 196 g/mol. The number of aryl methyl sites for hydroxylation is 1. The summed E-state index contributed by atoms with van der Waals surface area (Å²) in [7, 11) is 1.69. The lowest BCUT2D eigenvalue weighted by Gasteiger charge is -2.11. The molecule has 2 nitrogen and oxygen atoms in total. The summed E-state index contributed by atoms with van der Waals surface area (Å²) < 4.78 is 5.27. The largest absolute Gasteiger partial charge is 0.496 e. The summed E-state index contributed by atoms with van der Waals surface area (Å²) in [5, 5.41) is 8.78. The fourth-order valence-electron chi connectivity index (χ4n) is 1.42. The van der Waals surface area contributed by atoms with E-state index < -0.39 is 0 Å². The second kappa shape index (κ2) is 5.94. The molecule has 1 rings (SSSR count). The lowest BCUT2D eigenvalue weighted by Crippen LogP contribution is -1.94. The van der Waals surface area contributed by atoms with Crippen molar-refractivity contribution in [2.75, 3.05) is 20.0 Å². The molecule has 0 atom stereocenters. The molecule has 1 aromatic rings. The van der Waals surface area contributed by atoms with Gasteiger partial charge in [0.15, 0.2) is 0 Å². The third-order valence-corrected chi connectivity index (χ3v) is 2.96. The van der Waals surface area contributed by atoms with Crippen LogP contribution in [0.15, 0.2) is 23.1 Å². The van der Waals surface area contributed by atoms with E-state index in [0.29, 0.717) is 0 Å². The van der Waals surface area contributed by atoms with E-state index in [-0.39, 0.29) is 6.61 Å². The maximum atomic E-state index is 8.78. The second-order valence-corrected chi connectivity index (χ2v) is 3.80. The Bertz CT molecular complexity index is 287. The van der Waals surface area contributed by atoms with Crippen molar-refractivity contribution in [2.24, 2.45) is 0 Å². The van der Waals surface area contributed by atoms with Gasteiger partial charge in [0.1, 0.15) is 5.75 Å². The van der Waals surface area contributed by atoms with Gasteiger partial charge in [-0.3, -0.25) is 0 Å². The average Bonchev–Trinajstić information content (AvgIpc) is 2.25. The summed E-state index contributed by atoms with van der Waals surface area (Å²) in [4.78, 5) is 1.18. The molecule has 0 aliphatic rings. The van der Waals surface area contributed by atoms with Crippen LogP contribution in [0.3, 0.4) is 0 Å². The summed E-state index contributed by atoms with van der Waals surface area (Å²) >= 11 is 1.69. The zero-order valence-electron chi connectivity index (χ0n) is 8.62. The number of methoxy groups -OCH3 is 1. The van der Waals surface area contributed by atoms with Crippen LogP contribution < -0.4 is 4.74 Å². The van der Waals surface area contributed by atoms with E-state index in [4.69, 9.17) is 9.84 Å². The van der Waals surface area contributed by atoms with Gasteiger partial charge in [0.25, 0.3) is 0 Å². The molecule has 0 aliphatic heterocycles. The van der Waals surface area contributed by atoms with Crippen LogP contribution in [0.5, 0.6) is 5.75 Å². The molecule has 1 aromatic carbocycles. The van der Waals surface area contributed by atoms with Crippen molar-refractivity contribution < 1.29 is 9.84 Å². The van der Waals surface area contributed by atoms with Gasteiger partial charge < -0.3 is 9.84 Å². The van der Waals surface area contributed by atoms with E-state index in [9.17, 15) is 0 Å². The molecule has 0 saturated carbocycles.